The van der Waals surface area contributed by atoms with Crippen LogP contribution in [-0.2, 0) is 87.0 Å². The van der Waals surface area contributed by atoms with E-state index < -0.39 is 61.4 Å². The zero-order valence-corrected chi connectivity index (χ0v) is 38.3. The lowest BCUT2D eigenvalue weighted by molar-refractivity contribution is -0.398. The standard InChI is InChI=1S/C57H62O11/c1-2-33-59-41-50-51(61-36-44-23-11-4-12-24-44)53(63-38-46-27-15-6-16-28-46)54(64-39-47-29-17-7-18-30-47)56(66-50)68-57(42-60-35-43-21-9-3-10-22-43)55(65-40-48-31-19-8-20-32-48)52(49(34-58)67-57)62-37-45-25-13-5-14-26-45/h2-32,49-56,58H,1,33-42H2/t49-,50-,51-,52-,53+,54-,55+,56-,57+/m1/s1. The smallest absolute Gasteiger partial charge is 0.224 e. The maximum absolute atomic E-state index is 11.1. The van der Waals surface area contributed by atoms with Crippen LogP contribution in [0.4, 0.5) is 0 Å². The first kappa shape index (κ1) is 49.1. The second-order valence-corrected chi connectivity index (χ2v) is 16.9. The van der Waals surface area contributed by atoms with Gasteiger partial charge in [-0.05, 0) is 33.4 Å². The van der Waals surface area contributed by atoms with Crippen molar-refractivity contribution in [2.45, 2.75) is 94.4 Å². The summed E-state index contributed by atoms with van der Waals surface area (Å²) in [7, 11) is 0. The molecular weight excluding hydrogens is 861 g/mol. The van der Waals surface area contributed by atoms with Crippen LogP contribution >= 0.6 is 0 Å². The fourth-order valence-electron chi connectivity index (χ4n) is 8.49. The van der Waals surface area contributed by atoms with Gasteiger partial charge in [-0.25, -0.2) is 0 Å². The van der Waals surface area contributed by atoms with Crippen molar-refractivity contribution in [1.82, 2.24) is 0 Å². The predicted octanol–water partition coefficient (Wildman–Crippen LogP) is 9.16. The molecule has 0 bridgehead atoms. The molecule has 2 saturated heterocycles. The molecule has 0 aliphatic carbocycles. The zero-order chi connectivity index (χ0) is 46.6. The molecule has 0 spiro atoms. The highest BCUT2D eigenvalue weighted by Crippen LogP contribution is 2.42. The van der Waals surface area contributed by atoms with Crippen molar-refractivity contribution in [3.63, 3.8) is 0 Å². The van der Waals surface area contributed by atoms with E-state index in [2.05, 4.69) is 6.58 Å². The topological polar surface area (TPSA) is 113 Å². The van der Waals surface area contributed by atoms with Gasteiger partial charge in [-0.2, -0.15) is 0 Å². The Morgan fingerprint density at radius 3 is 1.29 bits per heavy atom. The van der Waals surface area contributed by atoms with E-state index in [1.54, 1.807) is 6.08 Å². The molecular formula is C57H62O11. The second kappa shape index (κ2) is 25.8. The third kappa shape index (κ3) is 13.7. The van der Waals surface area contributed by atoms with Crippen LogP contribution in [0.3, 0.4) is 0 Å². The lowest BCUT2D eigenvalue weighted by Gasteiger charge is -2.48. The van der Waals surface area contributed by atoms with Crippen LogP contribution in [0.2, 0.25) is 0 Å². The minimum Gasteiger partial charge on any atom is -0.394 e. The summed E-state index contributed by atoms with van der Waals surface area (Å²) in [4.78, 5) is 0. The van der Waals surface area contributed by atoms with E-state index in [4.69, 9.17) is 47.4 Å². The first-order chi connectivity index (χ1) is 33.6. The van der Waals surface area contributed by atoms with Gasteiger partial charge < -0.3 is 52.5 Å². The molecule has 0 amide bonds. The second-order valence-electron chi connectivity index (χ2n) is 16.9. The van der Waals surface area contributed by atoms with E-state index in [1.165, 1.54) is 0 Å². The summed E-state index contributed by atoms with van der Waals surface area (Å²) in [5.41, 5.74) is 5.68. The molecule has 356 valence electrons. The van der Waals surface area contributed by atoms with Gasteiger partial charge in [-0.15, -0.1) is 6.58 Å². The number of hydrogen-bond acceptors (Lipinski definition) is 11. The molecule has 2 fully saturated rings. The predicted molar refractivity (Wildman–Crippen MR) is 257 cm³/mol. The van der Waals surface area contributed by atoms with Crippen molar-refractivity contribution in [3.05, 3.63) is 228 Å². The van der Waals surface area contributed by atoms with E-state index in [-0.39, 0.29) is 59.5 Å². The van der Waals surface area contributed by atoms with Crippen molar-refractivity contribution in [1.29, 1.82) is 0 Å². The van der Waals surface area contributed by atoms with E-state index in [9.17, 15) is 5.11 Å². The average molecular weight is 923 g/mol. The highest BCUT2D eigenvalue weighted by Gasteiger charge is 2.61. The third-order valence-corrected chi connectivity index (χ3v) is 11.9. The number of aliphatic hydroxyl groups is 1. The molecule has 0 unspecified atom stereocenters. The molecule has 2 aliphatic rings. The lowest BCUT2D eigenvalue weighted by atomic mass is 9.97. The molecule has 68 heavy (non-hydrogen) atoms. The monoisotopic (exact) mass is 922 g/mol. The van der Waals surface area contributed by atoms with Gasteiger partial charge in [-0.3, -0.25) is 0 Å². The summed E-state index contributed by atoms with van der Waals surface area (Å²) in [6.45, 7) is 5.05. The molecule has 0 aromatic heterocycles. The summed E-state index contributed by atoms with van der Waals surface area (Å²) in [5.74, 6) is -1.74. The van der Waals surface area contributed by atoms with Gasteiger partial charge in [0.15, 0.2) is 6.29 Å². The molecule has 11 nitrogen and oxygen atoms in total. The average Bonchev–Trinajstić information content (AvgIpc) is 3.69. The van der Waals surface area contributed by atoms with Gasteiger partial charge in [0.05, 0.1) is 59.5 Å². The molecule has 2 aliphatic heterocycles. The minimum absolute atomic E-state index is 0.107. The van der Waals surface area contributed by atoms with Gasteiger partial charge in [0.1, 0.15) is 49.3 Å². The molecule has 11 heteroatoms. The summed E-state index contributed by atoms with van der Waals surface area (Å²) < 4.78 is 68.8. The minimum atomic E-state index is -1.74. The molecule has 9 atom stereocenters. The Hall–Kier alpha value is -5.38. The fourth-order valence-corrected chi connectivity index (χ4v) is 8.49. The normalized spacial score (nSPS) is 24.7. The first-order valence-corrected chi connectivity index (χ1v) is 23.3. The molecule has 8 rings (SSSR count). The van der Waals surface area contributed by atoms with Crippen LogP contribution in [0.1, 0.15) is 33.4 Å². The molecule has 2 heterocycles. The van der Waals surface area contributed by atoms with E-state index in [1.807, 2.05) is 182 Å². The van der Waals surface area contributed by atoms with Gasteiger partial charge in [0.25, 0.3) is 0 Å². The summed E-state index contributed by atoms with van der Waals surface area (Å²) >= 11 is 0. The Kier molecular flexibility index (Phi) is 18.6. The molecule has 0 saturated carbocycles. The van der Waals surface area contributed by atoms with Gasteiger partial charge >= 0.3 is 0 Å². The van der Waals surface area contributed by atoms with Crippen molar-refractivity contribution in [2.75, 3.05) is 26.4 Å². The number of aliphatic hydroxyl groups excluding tert-OH is 1. The summed E-state index contributed by atoms with van der Waals surface area (Å²) in [5, 5.41) is 11.1. The highest BCUT2D eigenvalue weighted by atomic mass is 16.8. The van der Waals surface area contributed by atoms with Gasteiger partial charge in [0.2, 0.25) is 5.79 Å². The molecule has 6 aromatic carbocycles. The van der Waals surface area contributed by atoms with Crippen LogP contribution < -0.4 is 0 Å². The van der Waals surface area contributed by atoms with E-state index >= 15 is 0 Å². The third-order valence-electron chi connectivity index (χ3n) is 11.9. The Morgan fingerprint density at radius 1 is 0.456 bits per heavy atom. The van der Waals surface area contributed by atoms with Crippen molar-refractivity contribution < 1.29 is 52.5 Å². The maximum Gasteiger partial charge on any atom is 0.224 e. The molecule has 6 aromatic rings. The van der Waals surface area contributed by atoms with Crippen LogP contribution in [-0.4, -0.2) is 86.3 Å². The quantitative estimate of drug-likeness (QED) is 0.0415. The lowest BCUT2D eigenvalue weighted by Crippen LogP contribution is -2.65. The van der Waals surface area contributed by atoms with E-state index in [0.29, 0.717) is 0 Å². The van der Waals surface area contributed by atoms with Crippen molar-refractivity contribution in [3.8, 4) is 0 Å². The van der Waals surface area contributed by atoms with Crippen LogP contribution in [0, 0.1) is 0 Å². The molecule has 0 radical (unpaired) electrons. The van der Waals surface area contributed by atoms with Crippen LogP contribution in [0.5, 0.6) is 0 Å². The Balaban J connectivity index is 1.21. The van der Waals surface area contributed by atoms with E-state index in [0.717, 1.165) is 33.4 Å². The summed E-state index contributed by atoms with van der Waals surface area (Å²) in [6, 6.07) is 59.4. The number of ether oxygens (including phenoxy) is 10. The highest BCUT2D eigenvalue weighted by molar-refractivity contribution is 5.18. The fraction of sp³-hybridized carbons (Fsp3) is 0.333. The zero-order valence-electron chi connectivity index (χ0n) is 38.3. The maximum atomic E-state index is 11.1. The van der Waals surface area contributed by atoms with Crippen molar-refractivity contribution in [2.24, 2.45) is 0 Å². The van der Waals surface area contributed by atoms with Gasteiger partial charge in [0, 0.05) is 0 Å². The molecule has 1 N–H and O–H groups in total. The van der Waals surface area contributed by atoms with Gasteiger partial charge in [-0.1, -0.05) is 188 Å². The van der Waals surface area contributed by atoms with Crippen LogP contribution in [0.15, 0.2) is 195 Å². The SMILES string of the molecule is C=CCOC[C@H]1O[C@H](O[C@]2(COCc3ccccc3)O[C@H](CO)[C@@H](OCc3ccccc3)[C@@H]2OCc2ccccc2)[C@H](OCc2ccccc2)[C@@H](OCc2ccccc2)[C@@H]1OCc1ccccc1. The Morgan fingerprint density at radius 2 is 0.853 bits per heavy atom. The number of benzene rings is 6. The van der Waals surface area contributed by atoms with Crippen molar-refractivity contribution >= 4 is 0 Å². The Labute approximate surface area is 400 Å². The van der Waals surface area contributed by atoms with Crippen LogP contribution in [0.25, 0.3) is 0 Å². The number of hydrogen-bond donors (Lipinski definition) is 1. The Bertz CT molecular complexity index is 2310. The largest absolute Gasteiger partial charge is 0.394 e. The summed E-state index contributed by atoms with van der Waals surface area (Å²) in [6.07, 6.45) is -5.38. The number of rotatable bonds is 26. The first-order valence-electron chi connectivity index (χ1n) is 23.3.